The summed E-state index contributed by atoms with van der Waals surface area (Å²) in [7, 11) is -0.655. The summed E-state index contributed by atoms with van der Waals surface area (Å²) in [6, 6.07) is 14.1. The summed E-state index contributed by atoms with van der Waals surface area (Å²) in [6.07, 6.45) is 0.767. The van der Waals surface area contributed by atoms with Crippen LogP contribution in [0.2, 0.25) is 0 Å². The van der Waals surface area contributed by atoms with Crippen molar-refractivity contribution in [2.24, 2.45) is 0 Å². The number of rotatable bonds is 10. The van der Waals surface area contributed by atoms with Crippen molar-refractivity contribution in [2.75, 3.05) is 25.2 Å². The van der Waals surface area contributed by atoms with Crippen molar-refractivity contribution >= 4 is 16.8 Å². The molecule has 0 radical (unpaired) electrons. The number of aryl methyl sites for hydroxylation is 1. The number of thiol groups is 1. The second-order valence-electron chi connectivity index (χ2n) is 10.5. The maximum absolute atomic E-state index is 12.0. The highest BCUT2D eigenvalue weighted by Gasteiger charge is 2.40. The van der Waals surface area contributed by atoms with Crippen LogP contribution in [0.15, 0.2) is 42.5 Å². The van der Waals surface area contributed by atoms with Gasteiger partial charge in [0.15, 0.2) is 0 Å². The van der Waals surface area contributed by atoms with Gasteiger partial charge in [0.2, 0.25) is 5.91 Å². The van der Waals surface area contributed by atoms with Crippen LogP contribution in [0.25, 0.3) is 0 Å². The fourth-order valence-electron chi connectivity index (χ4n) is 4.53. The minimum absolute atomic E-state index is 0.104. The van der Waals surface area contributed by atoms with E-state index in [1.807, 2.05) is 30.3 Å². The average molecular weight is 520 g/mol. The zero-order valence-corrected chi connectivity index (χ0v) is 22.5. The molecule has 5 atom stereocenters. The highest BCUT2D eigenvalue weighted by Crippen LogP contribution is 2.48. The number of aliphatic hydroxyl groups excluding tert-OH is 4. The average Bonchev–Trinajstić information content (AvgIpc) is 2.83. The van der Waals surface area contributed by atoms with Gasteiger partial charge < -0.3 is 30.5 Å². The first-order valence-corrected chi connectivity index (χ1v) is 14.5. The van der Waals surface area contributed by atoms with Gasteiger partial charge in [-0.15, -0.1) is 0 Å². The molecule has 1 fully saturated rings. The molecular weight excluding hydrogens is 478 g/mol. The molecule has 8 heteroatoms. The number of carbonyl (C=O) groups excluding carboxylic acids is 1. The lowest BCUT2D eigenvalue weighted by Crippen LogP contribution is -2.47. The summed E-state index contributed by atoms with van der Waals surface area (Å²) < 4.78 is 5.78. The maximum Gasteiger partial charge on any atom is 0.220 e. The first-order chi connectivity index (χ1) is 17.0. The molecule has 0 spiro atoms. The van der Waals surface area contributed by atoms with Crippen molar-refractivity contribution in [3.05, 3.63) is 64.7 Å². The first kappa shape index (κ1) is 28.5. The van der Waals surface area contributed by atoms with Crippen molar-refractivity contribution in [1.82, 2.24) is 5.32 Å². The van der Waals surface area contributed by atoms with Crippen LogP contribution < -0.4 is 10.1 Å². The molecular formula is C28H41NO6S. The molecule has 3 rings (SSSR count). The lowest BCUT2D eigenvalue weighted by molar-refractivity contribution is -0.123. The number of carbonyl (C=O) groups is 1. The summed E-state index contributed by atoms with van der Waals surface area (Å²) in [5, 5.41) is 42.7. The number of benzene rings is 2. The monoisotopic (exact) mass is 519 g/mol. The first-order valence-electron chi connectivity index (χ1n) is 12.5. The van der Waals surface area contributed by atoms with Crippen LogP contribution in [0.3, 0.4) is 0 Å². The third-order valence-electron chi connectivity index (χ3n) is 6.74. The Balaban J connectivity index is 1.56. The van der Waals surface area contributed by atoms with Gasteiger partial charge in [-0.05, 0) is 74.3 Å². The van der Waals surface area contributed by atoms with Crippen LogP contribution >= 0.6 is 10.9 Å². The number of nitrogens with one attached hydrogen (secondary N) is 1. The second kappa shape index (κ2) is 12.4. The molecule has 5 N–H and O–H groups in total. The van der Waals surface area contributed by atoms with E-state index in [-0.39, 0.29) is 17.8 Å². The van der Waals surface area contributed by atoms with Crippen LogP contribution in [-0.4, -0.2) is 75.4 Å². The van der Waals surface area contributed by atoms with Gasteiger partial charge in [-0.1, -0.05) is 30.3 Å². The normalized spacial score (nSPS) is 25.4. The molecule has 0 bridgehead atoms. The van der Waals surface area contributed by atoms with E-state index in [9.17, 15) is 25.2 Å². The number of hydrogen-bond acceptors (Lipinski definition) is 6. The fourth-order valence-corrected chi connectivity index (χ4v) is 6.94. The minimum Gasteiger partial charge on any atom is -0.494 e. The Labute approximate surface area is 216 Å². The molecule has 0 aliphatic carbocycles. The summed E-state index contributed by atoms with van der Waals surface area (Å²) in [6.45, 7) is 5.94. The topological polar surface area (TPSA) is 119 Å². The Morgan fingerprint density at radius 3 is 2.47 bits per heavy atom. The number of hydrogen-bond donors (Lipinski definition) is 6. The molecule has 0 saturated carbocycles. The molecule has 2 aromatic carbocycles. The van der Waals surface area contributed by atoms with Crippen molar-refractivity contribution in [3.8, 4) is 5.75 Å². The van der Waals surface area contributed by atoms with Crippen molar-refractivity contribution in [2.45, 2.75) is 69.1 Å². The number of ether oxygens (including phenoxy) is 1. The van der Waals surface area contributed by atoms with Gasteiger partial charge in [0, 0.05) is 17.4 Å². The predicted octanol–water partition coefficient (Wildman–Crippen LogP) is 2.40. The number of aliphatic hydroxyl groups is 4. The minimum atomic E-state index is -1.12. The van der Waals surface area contributed by atoms with Gasteiger partial charge in [0.1, 0.15) is 11.9 Å². The van der Waals surface area contributed by atoms with Crippen LogP contribution in [-0.2, 0) is 11.2 Å². The van der Waals surface area contributed by atoms with Gasteiger partial charge in [-0.3, -0.25) is 4.79 Å². The molecule has 1 unspecified atom stereocenters. The summed E-state index contributed by atoms with van der Waals surface area (Å²) in [5.41, 5.74) is 3.84. The largest absolute Gasteiger partial charge is 0.494 e. The Morgan fingerprint density at radius 2 is 1.81 bits per heavy atom. The Morgan fingerprint density at radius 1 is 1.11 bits per heavy atom. The molecule has 2 aromatic rings. The van der Waals surface area contributed by atoms with E-state index < -0.39 is 34.7 Å². The molecule has 1 saturated heterocycles. The van der Waals surface area contributed by atoms with E-state index in [2.05, 4.69) is 30.6 Å². The molecule has 1 aliphatic heterocycles. The lowest BCUT2D eigenvalue weighted by atomic mass is 9.94. The maximum atomic E-state index is 12.0. The molecule has 200 valence electrons. The van der Waals surface area contributed by atoms with Crippen LogP contribution in [0, 0.1) is 6.92 Å². The van der Waals surface area contributed by atoms with Crippen LogP contribution in [0.5, 0.6) is 5.75 Å². The van der Waals surface area contributed by atoms with Crippen LogP contribution in [0.4, 0.5) is 0 Å². The summed E-state index contributed by atoms with van der Waals surface area (Å²) in [5.74, 6) is 1.16. The zero-order valence-electron chi connectivity index (χ0n) is 21.6. The van der Waals surface area contributed by atoms with E-state index in [4.69, 9.17) is 4.74 Å². The van der Waals surface area contributed by atoms with E-state index >= 15 is 0 Å². The van der Waals surface area contributed by atoms with Gasteiger partial charge in [0.05, 0.1) is 31.0 Å². The molecule has 1 heterocycles. The highest BCUT2D eigenvalue weighted by molar-refractivity contribution is 8.16. The Kier molecular flexibility index (Phi) is 9.83. The summed E-state index contributed by atoms with van der Waals surface area (Å²) in [4.78, 5) is 12.0. The molecule has 36 heavy (non-hydrogen) atoms. The molecule has 1 aliphatic rings. The smallest absolute Gasteiger partial charge is 0.220 e. The standard InChI is InChI=1S/C28H41NO6S/c1-18-7-10-20(27-26(34)25(33)23(31)16-36(27)4)15-21(18)14-19-8-11-22(12-9-19)35-13-5-6-24(32)29-28(2,3)17-30/h7-12,15,23,25-27,30-31,33-34,36H,5-6,13-14,16-17H2,1-4H3,(H,29,32)/t23-,25-,26-,27+/m1/s1. The predicted molar refractivity (Wildman–Crippen MR) is 145 cm³/mol. The SMILES string of the molecule is Cc1ccc([C@H]2[C@H](O)[C@H](O)[C@H](O)C[SH]2C)cc1Cc1ccc(OCCCC(=O)NC(C)(C)CO)cc1. The third-order valence-corrected chi connectivity index (χ3v) is 9.24. The van der Waals surface area contributed by atoms with Gasteiger partial charge in [-0.25, -0.2) is 10.9 Å². The van der Waals surface area contributed by atoms with E-state index in [1.165, 1.54) is 0 Å². The second-order valence-corrected chi connectivity index (χ2v) is 12.9. The number of amides is 1. The zero-order chi connectivity index (χ0) is 26.5. The van der Waals surface area contributed by atoms with Crippen molar-refractivity contribution < 1.29 is 30.0 Å². The molecule has 7 nitrogen and oxygen atoms in total. The Hall–Kier alpha value is -2.10. The lowest BCUT2D eigenvalue weighted by Gasteiger charge is -2.42. The van der Waals surface area contributed by atoms with Gasteiger partial charge in [0.25, 0.3) is 0 Å². The quantitative estimate of drug-likeness (QED) is 0.212. The van der Waals surface area contributed by atoms with Gasteiger partial charge in [-0.2, -0.15) is 0 Å². The van der Waals surface area contributed by atoms with Crippen molar-refractivity contribution in [3.63, 3.8) is 0 Å². The van der Waals surface area contributed by atoms with Crippen molar-refractivity contribution in [1.29, 1.82) is 0 Å². The van der Waals surface area contributed by atoms with E-state index in [0.717, 1.165) is 34.4 Å². The Bertz CT molecular complexity index is 1010. The highest BCUT2D eigenvalue weighted by atomic mass is 32.2. The summed E-state index contributed by atoms with van der Waals surface area (Å²) >= 11 is 0. The fraction of sp³-hybridized carbons (Fsp3) is 0.536. The van der Waals surface area contributed by atoms with E-state index in [0.29, 0.717) is 25.2 Å². The van der Waals surface area contributed by atoms with Crippen LogP contribution in [0.1, 0.15) is 54.2 Å². The molecule has 1 amide bonds. The molecule has 0 aromatic heterocycles. The van der Waals surface area contributed by atoms with E-state index in [1.54, 1.807) is 13.8 Å². The van der Waals surface area contributed by atoms with Gasteiger partial charge >= 0.3 is 0 Å². The third kappa shape index (κ3) is 7.46.